The van der Waals surface area contributed by atoms with Crippen LogP contribution in [0.2, 0.25) is 0 Å². The summed E-state index contributed by atoms with van der Waals surface area (Å²) < 4.78 is 5.05. The number of amides is 1. The molecule has 2 N–H and O–H groups in total. The second kappa shape index (κ2) is 5.16. The number of alkyl carbamates (subject to hydrolysis) is 1. The van der Waals surface area contributed by atoms with E-state index in [0.29, 0.717) is 19.1 Å². The van der Waals surface area contributed by atoms with E-state index in [0.717, 1.165) is 12.8 Å². The average molecular weight is 222 g/mol. The van der Waals surface area contributed by atoms with E-state index in [4.69, 9.17) is 4.74 Å². The van der Waals surface area contributed by atoms with Gasteiger partial charge in [0.2, 0.25) is 0 Å². The molecular formula is C12H18N2O2. The van der Waals surface area contributed by atoms with E-state index < -0.39 is 0 Å². The summed E-state index contributed by atoms with van der Waals surface area (Å²) in [7, 11) is 0. The van der Waals surface area contributed by atoms with Gasteiger partial charge in [0.05, 0.1) is 6.54 Å². The van der Waals surface area contributed by atoms with E-state index in [1.165, 1.54) is 5.57 Å². The Labute approximate surface area is 95.7 Å². The number of nitrogens with one attached hydrogen (secondary N) is 2. The van der Waals surface area contributed by atoms with Gasteiger partial charge in [0, 0.05) is 12.6 Å². The molecule has 0 spiro atoms. The van der Waals surface area contributed by atoms with E-state index in [2.05, 4.69) is 35.8 Å². The number of carbonyl (C=O) groups excluding carboxylic acids is 1. The van der Waals surface area contributed by atoms with Crippen molar-refractivity contribution < 1.29 is 9.53 Å². The van der Waals surface area contributed by atoms with E-state index in [9.17, 15) is 4.79 Å². The van der Waals surface area contributed by atoms with Crippen molar-refractivity contribution in [2.75, 3.05) is 13.1 Å². The third-order valence-electron chi connectivity index (χ3n) is 2.92. The van der Waals surface area contributed by atoms with Crippen LogP contribution in [0.4, 0.5) is 4.79 Å². The Balaban J connectivity index is 1.75. The first-order valence-electron chi connectivity index (χ1n) is 5.80. The highest BCUT2D eigenvalue weighted by Gasteiger charge is 2.22. The summed E-state index contributed by atoms with van der Waals surface area (Å²) in [6.45, 7) is 3.43. The lowest BCUT2D eigenvalue weighted by atomic mass is 10.0. The van der Waals surface area contributed by atoms with Gasteiger partial charge in [0.1, 0.15) is 6.10 Å². The third kappa shape index (κ3) is 2.85. The quantitative estimate of drug-likeness (QED) is 0.755. The molecule has 2 rings (SSSR count). The zero-order chi connectivity index (χ0) is 11.4. The Hall–Kier alpha value is -1.29. The molecule has 1 fully saturated rings. The van der Waals surface area contributed by atoms with Crippen molar-refractivity contribution in [3.05, 3.63) is 23.8 Å². The van der Waals surface area contributed by atoms with E-state index in [-0.39, 0.29) is 12.2 Å². The minimum absolute atomic E-state index is 0.0388. The largest absolute Gasteiger partial charge is 0.443 e. The Bertz CT molecular complexity index is 323. The van der Waals surface area contributed by atoms with Crippen molar-refractivity contribution in [1.29, 1.82) is 0 Å². The fourth-order valence-electron chi connectivity index (χ4n) is 1.93. The summed E-state index contributed by atoms with van der Waals surface area (Å²) in [6, 6.07) is 0.316. The molecule has 16 heavy (non-hydrogen) atoms. The van der Waals surface area contributed by atoms with E-state index in [1.807, 2.05) is 0 Å². The molecule has 0 saturated carbocycles. The molecule has 0 radical (unpaired) electrons. The van der Waals surface area contributed by atoms with Crippen LogP contribution in [0.5, 0.6) is 0 Å². The van der Waals surface area contributed by atoms with Gasteiger partial charge in [-0.3, -0.25) is 0 Å². The zero-order valence-electron chi connectivity index (χ0n) is 9.53. The van der Waals surface area contributed by atoms with Gasteiger partial charge in [-0.05, 0) is 25.3 Å². The fourth-order valence-corrected chi connectivity index (χ4v) is 1.93. The average Bonchev–Trinajstić information content (AvgIpc) is 2.73. The molecule has 2 aliphatic rings. The third-order valence-corrected chi connectivity index (χ3v) is 2.92. The van der Waals surface area contributed by atoms with Crippen molar-refractivity contribution in [3.63, 3.8) is 0 Å². The molecule has 0 aromatic rings. The van der Waals surface area contributed by atoms with Crippen LogP contribution in [0, 0.1) is 0 Å². The summed E-state index contributed by atoms with van der Waals surface area (Å²) in [6.07, 6.45) is 8.54. The SMILES string of the molecule is CC(NCC1CNC(=O)O1)C1=CCCC=C1. The molecule has 2 atom stereocenters. The monoisotopic (exact) mass is 222 g/mol. The van der Waals surface area contributed by atoms with Crippen LogP contribution < -0.4 is 10.6 Å². The van der Waals surface area contributed by atoms with Crippen molar-refractivity contribution in [2.45, 2.75) is 31.9 Å². The van der Waals surface area contributed by atoms with Gasteiger partial charge in [-0.15, -0.1) is 0 Å². The molecule has 0 bridgehead atoms. The minimum Gasteiger partial charge on any atom is -0.443 e. The highest BCUT2D eigenvalue weighted by Crippen LogP contribution is 2.13. The van der Waals surface area contributed by atoms with Crippen LogP contribution in [0.1, 0.15) is 19.8 Å². The van der Waals surface area contributed by atoms with Crippen molar-refractivity contribution >= 4 is 6.09 Å². The Morgan fingerprint density at radius 2 is 2.50 bits per heavy atom. The lowest BCUT2D eigenvalue weighted by molar-refractivity contribution is 0.138. The number of hydrogen-bond acceptors (Lipinski definition) is 3. The predicted molar refractivity (Wildman–Crippen MR) is 62.2 cm³/mol. The first kappa shape index (κ1) is 11.2. The van der Waals surface area contributed by atoms with Gasteiger partial charge in [-0.1, -0.05) is 18.2 Å². The molecule has 1 heterocycles. The Morgan fingerprint density at radius 1 is 1.62 bits per heavy atom. The van der Waals surface area contributed by atoms with Crippen LogP contribution in [0.25, 0.3) is 0 Å². The lowest BCUT2D eigenvalue weighted by Crippen LogP contribution is -2.36. The lowest BCUT2D eigenvalue weighted by Gasteiger charge is -2.18. The highest BCUT2D eigenvalue weighted by molar-refractivity contribution is 5.69. The van der Waals surface area contributed by atoms with Crippen LogP contribution in [0.15, 0.2) is 23.8 Å². The number of rotatable bonds is 4. The zero-order valence-corrected chi connectivity index (χ0v) is 9.53. The van der Waals surface area contributed by atoms with Gasteiger partial charge in [0.15, 0.2) is 0 Å². The first-order chi connectivity index (χ1) is 7.75. The van der Waals surface area contributed by atoms with Crippen molar-refractivity contribution in [1.82, 2.24) is 10.6 Å². The number of carbonyl (C=O) groups is 1. The van der Waals surface area contributed by atoms with Crippen molar-refractivity contribution in [2.24, 2.45) is 0 Å². The predicted octanol–water partition coefficient (Wildman–Crippen LogP) is 1.35. The standard InChI is InChI=1S/C12H18N2O2/c1-9(10-5-3-2-4-6-10)13-7-11-8-14-12(15)16-11/h3,5-6,9,11,13H,2,4,7-8H2,1H3,(H,14,15). The van der Waals surface area contributed by atoms with Gasteiger partial charge in [-0.25, -0.2) is 4.79 Å². The maximum Gasteiger partial charge on any atom is 0.407 e. The Morgan fingerprint density at radius 3 is 3.12 bits per heavy atom. The van der Waals surface area contributed by atoms with Crippen LogP contribution in [0.3, 0.4) is 0 Å². The van der Waals surface area contributed by atoms with Gasteiger partial charge in [-0.2, -0.15) is 0 Å². The van der Waals surface area contributed by atoms with Crippen molar-refractivity contribution in [3.8, 4) is 0 Å². The highest BCUT2D eigenvalue weighted by atomic mass is 16.6. The fraction of sp³-hybridized carbons (Fsp3) is 0.583. The smallest absolute Gasteiger partial charge is 0.407 e. The molecule has 0 aromatic carbocycles. The molecule has 4 heteroatoms. The minimum atomic E-state index is -0.309. The normalized spacial score (nSPS) is 25.9. The molecule has 1 saturated heterocycles. The molecule has 1 aliphatic heterocycles. The number of allylic oxidation sites excluding steroid dienone is 2. The van der Waals surface area contributed by atoms with Gasteiger partial charge < -0.3 is 15.4 Å². The van der Waals surface area contributed by atoms with Gasteiger partial charge in [0.25, 0.3) is 0 Å². The molecule has 1 aliphatic carbocycles. The van der Waals surface area contributed by atoms with E-state index >= 15 is 0 Å². The van der Waals surface area contributed by atoms with Gasteiger partial charge >= 0.3 is 6.09 Å². The summed E-state index contributed by atoms with van der Waals surface area (Å²) in [5, 5.41) is 6.02. The number of hydrogen-bond donors (Lipinski definition) is 2. The Kier molecular flexibility index (Phi) is 3.62. The molecule has 88 valence electrons. The van der Waals surface area contributed by atoms with Crippen LogP contribution >= 0.6 is 0 Å². The molecule has 0 aromatic heterocycles. The summed E-state index contributed by atoms with van der Waals surface area (Å²) in [5.74, 6) is 0. The molecule has 1 amide bonds. The molecule has 4 nitrogen and oxygen atoms in total. The second-order valence-corrected chi connectivity index (χ2v) is 4.22. The summed E-state index contributed by atoms with van der Waals surface area (Å²) in [5.41, 5.74) is 1.32. The molecule has 2 unspecified atom stereocenters. The van der Waals surface area contributed by atoms with E-state index in [1.54, 1.807) is 0 Å². The number of cyclic esters (lactones) is 1. The molecular weight excluding hydrogens is 204 g/mol. The maximum absolute atomic E-state index is 10.8. The maximum atomic E-state index is 10.8. The topological polar surface area (TPSA) is 50.4 Å². The summed E-state index contributed by atoms with van der Waals surface area (Å²) in [4.78, 5) is 10.8. The first-order valence-corrected chi connectivity index (χ1v) is 5.80. The van der Waals surface area contributed by atoms with Crippen LogP contribution in [-0.4, -0.2) is 31.3 Å². The number of ether oxygens (including phenoxy) is 1. The summed E-state index contributed by atoms with van der Waals surface area (Å²) >= 11 is 0. The van der Waals surface area contributed by atoms with Crippen LogP contribution in [-0.2, 0) is 4.74 Å². The second-order valence-electron chi connectivity index (χ2n) is 4.22.